The van der Waals surface area contributed by atoms with Gasteiger partial charge in [0.2, 0.25) is 0 Å². The lowest BCUT2D eigenvalue weighted by Gasteiger charge is -2.07. The molecule has 0 radical (unpaired) electrons. The van der Waals surface area contributed by atoms with Crippen molar-refractivity contribution in [1.82, 2.24) is 9.55 Å². The second-order valence-electron chi connectivity index (χ2n) is 6.59. The number of nitrogens with zero attached hydrogens (tertiary/aromatic N) is 2. The Balaban J connectivity index is 1.62. The van der Waals surface area contributed by atoms with Crippen molar-refractivity contribution in [2.75, 3.05) is 7.11 Å². The summed E-state index contributed by atoms with van der Waals surface area (Å²) in [7, 11) is 1.67. The number of rotatable bonds is 4. The lowest BCUT2D eigenvalue weighted by Crippen LogP contribution is -2.21. The van der Waals surface area contributed by atoms with Gasteiger partial charge in [-0.2, -0.15) is 0 Å². The van der Waals surface area contributed by atoms with Crippen LogP contribution in [0.1, 0.15) is 35.3 Å². The molecule has 0 bridgehead atoms. The van der Waals surface area contributed by atoms with Crippen LogP contribution >= 0.6 is 11.3 Å². The number of benzene rings is 1. The van der Waals surface area contributed by atoms with Crippen molar-refractivity contribution in [3.8, 4) is 5.75 Å². The SMILES string of the molecule is COc1ccc(CCn2cnc3sc4c(c3c2=O)CCCCC4)cc1. The van der Waals surface area contributed by atoms with Gasteiger partial charge in [-0.3, -0.25) is 9.36 Å². The van der Waals surface area contributed by atoms with E-state index in [0.29, 0.717) is 6.54 Å². The zero-order chi connectivity index (χ0) is 17.2. The summed E-state index contributed by atoms with van der Waals surface area (Å²) >= 11 is 1.72. The van der Waals surface area contributed by atoms with Gasteiger partial charge in [0.1, 0.15) is 10.6 Å². The molecule has 0 saturated heterocycles. The van der Waals surface area contributed by atoms with Gasteiger partial charge in [-0.05, 0) is 55.4 Å². The summed E-state index contributed by atoms with van der Waals surface area (Å²) in [4.78, 5) is 19.9. The Bertz CT molecular complexity index is 941. The lowest BCUT2D eigenvalue weighted by molar-refractivity contribution is 0.414. The third-order valence-corrected chi connectivity index (χ3v) is 6.19. The zero-order valence-electron chi connectivity index (χ0n) is 14.5. The average Bonchev–Trinajstić information content (AvgIpc) is 2.84. The van der Waals surface area contributed by atoms with E-state index < -0.39 is 0 Å². The van der Waals surface area contributed by atoms with Crippen molar-refractivity contribution < 1.29 is 4.74 Å². The molecule has 0 aliphatic heterocycles. The van der Waals surface area contributed by atoms with E-state index >= 15 is 0 Å². The van der Waals surface area contributed by atoms with Crippen molar-refractivity contribution in [3.05, 3.63) is 57.0 Å². The zero-order valence-corrected chi connectivity index (χ0v) is 15.3. The summed E-state index contributed by atoms with van der Waals surface area (Å²) in [5, 5.41) is 0.874. The van der Waals surface area contributed by atoms with Crippen molar-refractivity contribution >= 4 is 21.6 Å². The highest BCUT2D eigenvalue weighted by molar-refractivity contribution is 7.18. The number of fused-ring (bicyclic) bond motifs is 3. The van der Waals surface area contributed by atoms with Crippen LogP contribution in [-0.4, -0.2) is 16.7 Å². The van der Waals surface area contributed by atoms with E-state index in [2.05, 4.69) is 4.98 Å². The molecule has 4 nitrogen and oxygen atoms in total. The number of aromatic nitrogens is 2. The third-order valence-electron chi connectivity index (χ3n) is 4.99. The summed E-state index contributed by atoms with van der Waals surface area (Å²) in [6.45, 7) is 0.652. The minimum atomic E-state index is 0.123. The van der Waals surface area contributed by atoms with Crippen LogP contribution in [0.5, 0.6) is 5.75 Å². The molecule has 0 fully saturated rings. The fraction of sp³-hybridized carbons (Fsp3) is 0.400. The highest BCUT2D eigenvalue weighted by atomic mass is 32.1. The molecule has 2 aromatic heterocycles. The Hall–Kier alpha value is -2.14. The first kappa shape index (κ1) is 16.3. The molecular formula is C20H22N2O2S. The minimum Gasteiger partial charge on any atom is -0.497 e. The van der Waals surface area contributed by atoms with E-state index in [0.717, 1.165) is 35.2 Å². The maximum absolute atomic E-state index is 13.0. The summed E-state index contributed by atoms with van der Waals surface area (Å²) < 4.78 is 6.96. The predicted molar refractivity (Wildman–Crippen MR) is 102 cm³/mol. The number of thiophene rings is 1. The number of hydrogen-bond donors (Lipinski definition) is 0. The largest absolute Gasteiger partial charge is 0.497 e. The number of ether oxygens (including phenoxy) is 1. The van der Waals surface area contributed by atoms with Crippen molar-refractivity contribution in [1.29, 1.82) is 0 Å². The fourth-order valence-electron chi connectivity index (χ4n) is 3.56. The molecule has 1 aliphatic carbocycles. The molecule has 1 aliphatic rings. The van der Waals surface area contributed by atoms with Gasteiger partial charge in [0.15, 0.2) is 0 Å². The highest BCUT2D eigenvalue weighted by Gasteiger charge is 2.18. The smallest absolute Gasteiger partial charge is 0.262 e. The first-order valence-corrected chi connectivity index (χ1v) is 9.70. The fourth-order valence-corrected chi connectivity index (χ4v) is 4.78. The number of hydrogen-bond acceptors (Lipinski definition) is 4. The van der Waals surface area contributed by atoms with Crippen LogP contribution < -0.4 is 10.3 Å². The maximum Gasteiger partial charge on any atom is 0.262 e. The number of aryl methyl sites for hydroxylation is 4. The standard InChI is InChI=1S/C20H22N2O2S/c1-24-15-9-7-14(8-10-15)11-12-22-13-21-19-18(20(22)23)16-5-3-2-4-6-17(16)25-19/h7-10,13H,2-6,11-12H2,1H3. The molecule has 0 unspecified atom stereocenters. The maximum atomic E-state index is 13.0. The topological polar surface area (TPSA) is 44.1 Å². The average molecular weight is 354 g/mol. The van der Waals surface area contributed by atoms with Gasteiger partial charge in [0.25, 0.3) is 5.56 Å². The Labute approximate surface area is 151 Å². The monoisotopic (exact) mass is 354 g/mol. The first-order chi connectivity index (χ1) is 12.3. The predicted octanol–water partition coefficient (Wildman–Crippen LogP) is 3.98. The molecule has 2 heterocycles. The van der Waals surface area contributed by atoms with Crippen LogP contribution in [0, 0.1) is 0 Å². The van der Waals surface area contributed by atoms with Crippen molar-refractivity contribution in [2.45, 2.75) is 45.1 Å². The van der Waals surface area contributed by atoms with Crippen LogP contribution in [-0.2, 0) is 25.8 Å². The van der Waals surface area contributed by atoms with Crippen LogP contribution in [0.15, 0.2) is 35.4 Å². The highest BCUT2D eigenvalue weighted by Crippen LogP contribution is 2.32. The van der Waals surface area contributed by atoms with E-state index in [1.807, 2.05) is 24.3 Å². The van der Waals surface area contributed by atoms with Crippen LogP contribution in [0.25, 0.3) is 10.2 Å². The molecule has 130 valence electrons. The summed E-state index contributed by atoms with van der Waals surface area (Å²) in [6, 6.07) is 8.01. The quantitative estimate of drug-likeness (QED) is 0.666. The van der Waals surface area contributed by atoms with Gasteiger partial charge in [-0.15, -0.1) is 11.3 Å². The van der Waals surface area contributed by atoms with Crippen LogP contribution in [0.4, 0.5) is 0 Å². The van der Waals surface area contributed by atoms with Crippen molar-refractivity contribution in [3.63, 3.8) is 0 Å². The number of methoxy groups -OCH3 is 1. The Morgan fingerprint density at radius 2 is 1.96 bits per heavy atom. The molecule has 3 aromatic rings. The van der Waals surface area contributed by atoms with Gasteiger partial charge in [-0.25, -0.2) is 4.98 Å². The van der Waals surface area contributed by atoms with Crippen molar-refractivity contribution in [2.24, 2.45) is 0 Å². The Kier molecular flexibility index (Phi) is 4.57. The van der Waals surface area contributed by atoms with E-state index in [4.69, 9.17) is 4.74 Å². The second-order valence-corrected chi connectivity index (χ2v) is 7.67. The van der Waals surface area contributed by atoms with Gasteiger partial charge in [0.05, 0.1) is 18.8 Å². The molecule has 0 atom stereocenters. The van der Waals surface area contributed by atoms with E-state index in [1.165, 1.54) is 35.3 Å². The molecule has 0 N–H and O–H groups in total. The van der Waals surface area contributed by atoms with E-state index in [9.17, 15) is 4.79 Å². The van der Waals surface area contributed by atoms with Gasteiger partial charge >= 0.3 is 0 Å². The molecule has 4 rings (SSSR count). The van der Waals surface area contributed by atoms with Crippen LogP contribution in [0.2, 0.25) is 0 Å². The summed E-state index contributed by atoms with van der Waals surface area (Å²) in [6.07, 6.45) is 8.31. The Morgan fingerprint density at radius 3 is 2.76 bits per heavy atom. The molecule has 0 saturated carbocycles. The molecular weight excluding hydrogens is 332 g/mol. The second kappa shape index (κ2) is 7.00. The van der Waals surface area contributed by atoms with Gasteiger partial charge < -0.3 is 4.74 Å². The Morgan fingerprint density at radius 1 is 1.16 bits per heavy atom. The first-order valence-electron chi connectivity index (χ1n) is 8.89. The molecule has 5 heteroatoms. The van der Waals surface area contributed by atoms with Crippen LogP contribution in [0.3, 0.4) is 0 Å². The third kappa shape index (κ3) is 3.21. The molecule has 0 amide bonds. The summed E-state index contributed by atoms with van der Waals surface area (Å²) in [5.74, 6) is 0.852. The molecule has 25 heavy (non-hydrogen) atoms. The molecule has 1 aromatic carbocycles. The summed E-state index contributed by atoms with van der Waals surface area (Å²) in [5.41, 5.74) is 2.59. The molecule has 0 spiro atoms. The van der Waals surface area contributed by atoms with Gasteiger partial charge in [0, 0.05) is 11.4 Å². The van der Waals surface area contributed by atoms with E-state index in [-0.39, 0.29) is 5.56 Å². The normalized spacial score (nSPS) is 14.3. The minimum absolute atomic E-state index is 0.123. The lowest BCUT2D eigenvalue weighted by atomic mass is 10.1. The van der Waals surface area contributed by atoms with E-state index in [1.54, 1.807) is 29.3 Å². The van der Waals surface area contributed by atoms with Gasteiger partial charge in [-0.1, -0.05) is 18.6 Å².